The predicted molar refractivity (Wildman–Crippen MR) is 100 cm³/mol. The topological polar surface area (TPSA) is 74.5 Å². The Balaban J connectivity index is 1.51. The molecule has 0 aliphatic rings. The molecule has 0 saturated carbocycles. The van der Waals surface area contributed by atoms with Gasteiger partial charge in [-0.15, -0.1) is 0 Å². The molecule has 140 valence electrons. The van der Waals surface area contributed by atoms with E-state index >= 15 is 0 Å². The van der Waals surface area contributed by atoms with Crippen LogP contribution in [0.3, 0.4) is 0 Å². The molecule has 1 aromatic heterocycles. The van der Waals surface area contributed by atoms with Crippen molar-refractivity contribution in [2.45, 2.75) is 33.8 Å². The summed E-state index contributed by atoms with van der Waals surface area (Å²) >= 11 is 0. The van der Waals surface area contributed by atoms with Gasteiger partial charge in [0.15, 0.2) is 13.2 Å². The van der Waals surface area contributed by atoms with Crippen molar-refractivity contribution in [1.29, 1.82) is 0 Å². The van der Waals surface area contributed by atoms with Gasteiger partial charge in [0.2, 0.25) is 5.82 Å². The fourth-order valence-electron chi connectivity index (χ4n) is 2.50. The summed E-state index contributed by atoms with van der Waals surface area (Å²) in [4.78, 5) is 16.2. The molecule has 3 rings (SSSR count). The average Bonchev–Trinajstić information content (AvgIpc) is 3.16. The SMILES string of the molecule is CCc1ccc(-c2noc(COC(=O)COc3cc(C)ccc3C)n2)cc1. The molecule has 6 nitrogen and oxygen atoms in total. The standard InChI is InChI=1S/C21H22N2O4/c1-4-16-7-9-17(10-8-16)21-22-19(27-23-21)12-26-20(24)13-25-18-11-14(2)5-6-15(18)3/h5-11H,4,12-13H2,1-3H3. The van der Waals surface area contributed by atoms with Gasteiger partial charge in [0, 0.05) is 5.56 Å². The lowest BCUT2D eigenvalue weighted by Gasteiger charge is -2.09. The van der Waals surface area contributed by atoms with Crippen LogP contribution in [0, 0.1) is 13.8 Å². The molecule has 0 spiro atoms. The highest BCUT2D eigenvalue weighted by Gasteiger charge is 2.12. The normalized spacial score (nSPS) is 10.6. The first-order valence-corrected chi connectivity index (χ1v) is 8.82. The number of aromatic nitrogens is 2. The zero-order valence-electron chi connectivity index (χ0n) is 15.7. The molecule has 0 unspecified atom stereocenters. The number of carbonyl (C=O) groups is 1. The van der Waals surface area contributed by atoms with Crippen molar-refractivity contribution in [3.63, 3.8) is 0 Å². The summed E-state index contributed by atoms with van der Waals surface area (Å²) in [7, 11) is 0. The fourth-order valence-corrected chi connectivity index (χ4v) is 2.50. The van der Waals surface area contributed by atoms with Gasteiger partial charge >= 0.3 is 5.97 Å². The highest BCUT2D eigenvalue weighted by atomic mass is 16.6. The van der Waals surface area contributed by atoms with Crippen LogP contribution in [0.1, 0.15) is 29.5 Å². The Morgan fingerprint density at radius 2 is 1.89 bits per heavy atom. The van der Waals surface area contributed by atoms with Crippen molar-refractivity contribution >= 4 is 5.97 Å². The third-order valence-corrected chi connectivity index (χ3v) is 4.13. The van der Waals surface area contributed by atoms with E-state index in [4.69, 9.17) is 14.0 Å². The molecule has 27 heavy (non-hydrogen) atoms. The first-order valence-electron chi connectivity index (χ1n) is 8.82. The van der Waals surface area contributed by atoms with E-state index in [-0.39, 0.29) is 19.1 Å². The van der Waals surface area contributed by atoms with Crippen molar-refractivity contribution in [3.05, 3.63) is 65.0 Å². The third kappa shape index (κ3) is 4.94. The number of ether oxygens (including phenoxy) is 2. The van der Waals surface area contributed by atoms with E-state index in [1.807, 2.05) is 56.3 Å². The molecule has 0 aliphatic carbocycles. The molecule has 0 bridgehead atoms. The summed E-state index contributed by atoms with van der Waals surface area (Å²) in [5.41, 5.74) is 4.12. The molecule has 0 fully saturated rings. The second-order valence-electron chi connectivity index (χ2n) is 6.28. The summed E-state index contributed by atoms with van der Waals surface area (Å²) in [6.07, 6.45) is 0.970. The zero-order valence-corrected chi connectivity index (χ0v) is 15.7. The number of aryl methyl sites for hydroxylation is 3. The minimum atomic E-state index is -0.497. The van der Waals surface area contributed by atoms with Crippen LogP contribution in [-0.2, 0) is 22.6 Å². The molecule has 2 aromatic carbocycles. The second-order valence-corrected chi connectivity index (χ2v) is 6.28. The van der Waals surface area contributed by atoms with Crippen LogP contribution in [-0.4, -0.2) is 22.7 Å². The third-order valence-electron chi connectivity index (χ3n) is 4.13. The van der Waals surface area contributed by atoms with E-state index in [0.717, 1.165) is 23.1 Å². The van der Waals surface area contributed by atoms with Gasteiger partial charge in [-0.2, -0.15) is 4.98 Å². The van der Waals surface area contributed by atoms with Gasteiger partial charge in [-0.3, -0.25) is 0 Å². The molecule has 3 aromatic rings. The van der Waals surface area contributed by atoms with Gasteiger partial charge in [-0.25, -0.2) is 4.79 Å². The van der Waals surface area contributed by atoms with Crippen LogP contribution >= 0.6 is 0 Å². The molecule has 6 heteroatoms. The molecule has 0 atom stereocenters. The zero-order chi connectivity index (χ0) is 19.2. The summed E-state index contributed by atoms with van der Waals surface area (Å²) in [5, 5.41) is 3.93. The van der Waals surface area contributed by atoms with E-state index in [0.29, 0.717) is 11.6 Å². The first kappa shape index (κ1) is 18.6. The fraction of sp³-hybridized carbons (Fsp3) is 0.286. The van der Waals surface area contributed by atoms with Crippen LogP contribution in [0.4, 0.5) is 0 Å². The molecular weight excluding hydrogens is 344 g/mol. The number of nitrogens with zero attached hydrogens (tertiary/aromatic N) is 2. The van der Waals surface area contributed by atoms with Crippen LogP contribution in [0.25, 0.3) is 11.4 Å². The van der Waals surface area contributed by atoms with Crippen molar-refractivity contribution in [2.75, 3.05) is 6.61 Å². The molecule has 1 heterocycles. The number of rotatable bonds is 7. The summed E-state index contributed by atoms with van der Waals surface area (Å²) < 4.78 is 15.8. The van der Waals surface area contributed by atoms with Crippen LogP contribution in [0.2, 0.25) is 0 Å². The Morgan fingerprint density at radius 1 is 1.11 bits per heavy atom. The number of benzene rings is 2. The Kier molecular flexibility index (Phi) is 5.86. The van der Waals surface area contributed by atoms with Crippen molar-refractivity contribution < 1.29 is 18.8 Å². The minimum absolute atomic E-state index is 0.0883. The van der Waals surface area contributed by atoms with Gasteiger partial charge in [0.25, 0.3) is 5.89 Å². The highest BCUT2D eigenvalue weighted by molar-refractivity contribution is 5.71. The van der Waals surface area contributed by atoms with E-state index < -0.39 is 5.97 Å². The van der Waals surface area contributed by atoms with Gasteiger partial charge in [-0.1, -0.05) is 48.5 Å². The maximum absolute atomic E-state index is 11.9. The number of esters is 1. The molecule has 0 saturated heterocycles. The predicted octanol–water partition coefficient (Wildman–Crippen LogP) is 4.04. The van der Waals surface area contributed by atoms with Gasteiger partial charge in [0.1, 0.15) is 5.75 Å². The van der Waals surface area contributed by atoms with Crippen LogP contribution < -0.4 is 4.74 Å². The number of hydrogen-bond donors (Lipinski definition) is 0. The molecular formula is C21H22N2O4. The number of hydrogen-bond acceptors (Lipinski definition) is 6. The summed E-state index contributed by atoms with van der Waals surface area (Å²) in [6, 6.07) is 13.8. The van der Waals surface area contributed by atoms with Gasteiger partial charge < -0.3 is 14.0 Å². The Morgan fingerprint density at radius 3 is 2.63 bits per heavy atom. The maximum Gasteiger partial charge on any atom is 0.344 e. The smallest absolute Gasteiger partial charge is 0.344 e. The second kappa shape index (κ2) is 8.49. The summed E-state index contributed by atoms with van der Waals surface area (Å²) in [5.74, 6) is 0.880. The maximum atomic E-state index is 11.9. The molecule has 0 radical (unpaired) electrons. The Labute approximate surface area is 158 Å². The molecule has 0 aliphatic heterocycles. The molecule has 0 amide bonds. The summed E-state index contributed by atoms with van der Waals surface area (Å²) in [6.45, 7) is 5.72. The highest BCUT2D eigenvalue weighted by Crippen LogP contribution is 2.19. The first-order chi connectivity index (χ1) is 13.0. The molecule has 0 N–H and O–H groups in total. The minimum Gasteiger partial charge on any atom is -0.482 e. The lowest BCUT2D eigenvalue weighted by Crippen LogP contribution is -2.15. The quantitative estimate of drug-likeness (QED) is 0.588. The Bertz CT molecular complexity index is 916. The van der Waals surface area contributed by atoms with Crippen molar-refractivity contribution in [3.8, 4) is 17.1 Å². The average molecular weight is 366 g/mol. The van der Waals surface area contributed by atoms with Crippen molar-refractivity contribution in [1.82, 2.24) is 10.1 Å². The van der Waals surface area contributed by atoms with Crippen molar-refractivity contribution in [2.24, 2.45) is 0 Å². The largest absolute Gasteiger partial charge is 0.482 e. The van der Waals surface area contributed by atoms with E-state index in [1.165, 1.54) is 5.56 Å². The monoisotopic (exact) mass is 366 g/mol. The van der Waals surface area contributed by atoms with E-state index in [1.54, 1.807) is 0 Å². The Hall–Kier alpha value is -3.15. The lowest BCUT2D eigenvalue weighted by molar-refractivity contribution is -0.148. The lowest BCUT2D eigenvalue weighted by atomic mass is 10.1. The van der Waals surface area contributed by atoms with Crippen LogP contribution in [0.15, 0.2) is 47.0 Å². The number of carbonyl (C=O) groups excluding carboxylic acids is 1. The van der Waals surface area contributed by atoms with Crippen LogP contribution in [0.5, 0.6) is 5.75 Å². The van der Waals surface area contributed by atoms with E-state index in [2.05, 4.69) is 17.1 Å². The van der Waals surface area contributed by atoms with Gasteiger partial charge in [-0.05, 0) is 43.0 Å². The van der Waals surface area contributed by atoms with E-state index in [9.17, 15) is 4.79 Å². The van der Waals surface area contributed by atoms with Gasteiger partial charge in [0.05, 0.1) is 0 Å².